The molecule has 0 saturated heterocycles. The minimum atomic E-state index is -3.49. The number of aliphatic hydroxyl groups excluding tert-OH is 2. The maximum atomic E-state index is 16.9. The zero-order valence-electron chi connectivity index (χ0n) is 17.2. The van der Waals surface area contributed by atoms with E-state index in [9.17, 15) is 24.9 Å². The average molecular weight is 428 g/mol. The third kappa shape index (κ3) is 2.20. The van der Waals surface area contributed by atoms with Gasteiger partial charge in [0.05, 0.1) is 11.5 Å². The Bertz CT molecular complexity index is 884. The summed E-state index contributed by atoms with van der Waals surface area (Å²) in [5.74, 6) is -7.88. The molecule has 8 heteroatoms. The molecule has 3 N–H and O–H groups in total. The van der Waals surface area contributed by atoms with E-state index in [1.807, 2.05) is 0 Å². The van der Waals surface area contributed by atoms with Crippen molar-refractivity contribution in [3.05, 3.63) is 23.8 Å². The van der Waals surface area contributed by atoms with E-state index in [-0.39, 0.29) is 12.8 Å². The maximum Gasteiger partial charge on any atom is 0.271 e. The van der Waals surface area contributed by atoms with Gasteiger partial charge in [0.1, 0.15) is 12.2 Å². The molecule has 0 aromatic carbocycles. The predicted molar refractivity (Wildman–Crippen MR) is 100 cm³/mol. The second-order valence-corrected chi connectivity index (χ2v) is 10.0. The lowest BCUT2D eigenvalue weighted by Crippen LogP contribution is -2.71. The van der Waals surface area contributed by atoms with E-state index in [1.165, 1.54) is 13.8 Å². The maximum absolute atomic E-state index is 16.9. The van der Waals surface area contributed by atoms with E-state index in [1.54, 1.807) is 6.92 Å². The van der Waals surface area contributed by atoms with Gasteiger partial charge < -0.3 is 15.3 Å². The SMILES string of the molecule is C[C@@H]1C[C@H]2C3CC(F)(F)C4=CC(=O)C=CC4(C)[C@@]3(F)[C@@H](O)CC2(C)[C@@]1(O)C(=O)CO. The Morgan fingerprint density at radius 3 is 2.43 bits per heavy atom. The number of fused-ring (bicyclic) bond motifs is 5. The van der Waals surface area contributed by atoms with E-state index in [0.29, 0.717) is 0 Å². The number of rotatable bonds is 2. The number of aliphatic hydroxyl groups is 3. The summed E-state index contributed by atoms with van der Waals surface area (Å²) in [5, 5.41) is 31.8. The summed E-state index contributed by atoms with van der Waals surface area (Å²) in [6.07, 6.45) is 0.0329. The molecule has 3 fully saturated rings. The molecule has 3 saturated carbocycles. The number of ketones is 2. The van der Waals surface area contributed by atoms with Gasteiger partial charge in [0.2, 0.25) is 0 Å². The van der Waals surface area contributed by atoms with Crippen LogP contribution in [0.2, 0.25) is 0 Å². The molecule has 0 heterocycles. The van der Waals surface area contributed by atoms with Crippen LogP contribution in [0.25, 0.3) is 0 Å². The van der Waals surface area contributed by atoms with Crippen LogP contribution >= 0.6 is 0 Å². The van der Waals surface area contributed by atoms with Crippen molar-refractivity contribution in [3.8, 4) is 0 Å². The van der Waals surface area contributed by atoms with Gasteiger partial charge in [0, 0.05) is 23.3 Å². The van der Waals surface area contributed by atoms with Crippen molar-refractivity contribution in [1.29, 1.82) is 0 Å². The number of halogens is 3. The molecule has 0 aromatic heterocycles. The van der Waals surface area contributed by atoms with Crippen LogP contribution in [-0.2, 0) is 9.59 Å². The Kier molecular flexibility index (Phi) is 4.37. The molecule has 0 spiro atoms. The number of Topliss-reactive ketones (excluding diaryl/α,β-unsaturated/α-hetero) is 1. The van der Waals surface area contributed by atoms with Crippen LogP contribution in [0.15, 0.2) is 23.8 Å². The Labute approximate surface area is 172 Å². The molecule has 5 nitrogen and oxygen atoms in total. The molecule has 0 radical (unpaired) electrons. The van der Waals surface area contributed by atoms with Gasteiger partial charge in [0.15, 0.2) is 17.2 Å². The van der Waals surface area contributed by atoms with Crippen LogP contribution in [0.3, 0.4) is 0 Å². The highest BCUT2D eigenvalue weighted by Crippen LogP contribution is 2.72. The molecular formula is C22H27F3O5. The number of hydrogen-bond acceptors (Lipinski definition) is 5. The molecule has 0 aromatic rings. The summed E-state index contributed by atoms with van der Waals surface area (Å²) in [4.78, 5) is 24.3. The fourth-order valence-corrected chi connectivity index (χ4v) is 7.28. The third-order valence-corrected chi connectivity index (χ3v) is 8.80. The smallest absolute Gasteiger partial charge is 0.271 e. The second-order valence-electron chi connectivity index (χ2n) is 10.0. The third-order valence-electron chi connectivity index (χ3n) is 8.80. The summed E-state index contributed by atoms with van der Waals surface area (Å²) >= 11 is 0. The van der Waals surface area contributed by atoms with Crippen molar-refractivity contribution in [2.75, 3.05) is 6.61 Å². The minimum absolute atomic E-state index is 0.107. The van der Waals surface area contributed by atoms with Crippen LogP contribution < -0.4 is 0 Å². The van der Waals surface area contributed by atoms with Crippen molar-refractivity contribution in [2.45, 2.75) is 63.3 Å². The summed E-state index contributed by atoms with van der Waals surface area (Å²) in [6, 6.07) is 0. The summed E-state index contributed by atoms with van der Waals surface area (Å²) in [6.45, 7) is 3.44. The van der Waals surface area contributed by atoms with Crippen LogP contribution in [0.4, 0.5) is 13.2 Å². The molecule has 0 bridgehead atoms. The van der Waals surface area contributed by atoms with Gasteiger partial charge in [-0.2, -0.15) is 0 Å². The topological polar surface area (TPSA) is 94.8 Å². The lowest BCUT2D eigenvalue weighted by molar-refractivity contribution is -0.240. The Balaban J connectivity index is 1.91. The van der Waals surface area contributed by atoms with Gasteiger partial charge in [-0.25, -0.2) is 13.2 Å². The van der Waals surface area contributed by atoms with Crippen molar-refractivity contribution < 1.29 is 38.1 Å². The molecule has 4 aliphatic rings. The van der Waals surface area contributed by atoms with Gasteiger partial charge in [-0.15, -0.1) is 0 Å². The molecule has 4 aliphatic carbocycles. The fourth-order valence-electron chi connectivity index (χ4n) is 7.28. The van der Waals surface area contributed by atoms with E-state index >= 15 is 13.2 Å². The Morgan fingerprint density at radius 1 is 1.20 bits per heavy atom. The van der Waals surface area contributed by atoms with E-state index in [4.69, 9.17) is 0 Å². The van der Waals surface area contributed by atoms with Gasteiger partial charge in [-0.05, 0) is 43.8 Å². The summed E-state index contributed by atoms with van der Waals surface area (Å²) in [5.41, 5.74) is -8.49. The van der Waals surface area contributed by atoms with Crippen molar-refractivity contribution in [3.63, 3.8) is 0 Å². The average Bonchev–Trinajstić information content (AvgIpc) is 2.87. The molecular weight excluding hydrogens is 401 g/mol. The number of alkyl halides is 3. The molecule has 8 atom stereocenters. The molecule has 166 valence electrons. The Hall–Kier alpha value is -1.51. The monoisotopic (exact) mass is 428 g/mol. The lowest BCUT2D eigenvalue weighted by atomic mass is 9.44. The van der Waals surface area contributed by atoms with Crippen molar-refractivity contribution >= 4 is 11.6 Å². The number of carbonyl (C=O) groups excluding carboxylic acids is 2. The van der Waals surface area contributed by atoms with Crippen LogP contribution in [-0.4, -0.2) is 56.8 Å². The van der Waals surface area contributed by atoms with Crippen molar-refractivity contribution in [1.82, 2.24) is 0 Å². The predicted octanol–water partition coefficient (Wildman–Crippen LogP) is 2.14. The fraction of sp³-hybridized carbons (Fsp3) is 0.727. The zero-order chi connectivity index (χ0) is 22.5. The molecule has 30 heavy (non-hydrogen) atoms. The van der Waals surface area contributed by atoms with Crippen molar-refractivity contribution in [2.24, 2.45) is 28.6 Å². The number of carbonyl (C=O) groups is 2. The first kappa shape index (κ1) is 21.7. The number of hydrogen-bond donors (Lipinski definition) is 3. The highest BCUT2D eigenvalue weighted by atomic mass is 19.3. The van der Waals surface area contributed by atoms with Gasteiger partial charge in [-0.3, -0.25) is 9.59 Å². The number of allylic oxidation sites excluding steroid dienone is 4. The minimum Gasteiger partial charge on any atom is -0.390 e. The first-order chi connectivity index (χ1) is 13.7. The van der Waals surface area contributed by atoms with Gasteiger partial charge >= 0.3 is 0 Å². The largest absolute Gasteiger partial charge is 0.390 e. The molecule has 0 aliphatic heterocycles. The Morgan fingerprint density at radius 2 is 1.83 bits per heavy atom. The normalized spacial score (nSPS) is 51.6. The van der Waals surface area contributed by atoms with Crippen LogP contribution in [0.1, 0.15) is 40.0 Å². The van der Waals surface area contributed by atoms with E-state index < -0.39 is 82.0 Å². The summed E-state index contributed by atoms with van der Waals surface area (Å²) < 4.78 is 47.4. The molecule has 3 unspecified atom stereocenters. The van der Waals surface area contributed by atoms with Gasteiger partial charge in [-0.1, -0.05) is 19.9 Å². The highest BCUT2D eigenvalue weighted by Gasteiger charge is 2.78. The summed E-state index contributed by atoms with van der Waals surface area (Å²) in [7, 11) is 0. The zero-order valence-corrected chi connectivity index (χ0v) is 17.2. The quantitative estimate of drug-likeness (QED) is 0.627. The second kappa shape index (κ2) is 6.04. The van der Waals surface area contributed by atoms with Gasteiger partial charge in [0.25, 0.3) is 5.92 Å². The lowest BCUT2D eigenvalue weighted by Gasteiger charge is -2.63. The highest BCUT2D eigenvalue weighted by molar-refractivity contribution is 6.01. The van der Waals surface area contributed by atoms with Crippen LogP contribution in [0, 0.1) is 28.6 Å². The molecule has 4 rings (SSSR count). The standard InChI is InChI=1S/C22H27F3O5/c1-11-6-13-14-8-20(23,24)15-7-12(27)4-5-18(15,2)21(14,25)16(28)9-19(13,3)22(11,30)17(29)10-26/h4-5,7,11,13-14,16,26,28,30H,6,8-10H2,1-3H3/t11-,13+,14?,16+,18?,19?,21+,22+/m1/s1. The first-order valence-corrected chi connectivity index (χ1v) is 10.3. The first-order valence-electron chi connectivity index (χ1n) is 10.3. The molecule has 0 amide bonds. The van der Waals surface area contributed by atoms with E-state index in [2.05, 4.69) is 0 Å². The van der Waals surface area contributed by atoms with E-state index in [0.717, 1.165) is 18.2 Å². The van der Waals surface area contributed by atoms with Crippen LogP contribution in [0.5, 0.6) is 0 Å².